The Morgan fingerprint density at radius 1 is 1.33 bits per heavy atom. The Balaban J connectivity index is 4.20. The second kappa shape index (κ2) is 6.78. The van der Waals surface area contributed by atoms with Gasteiger partial charge >= 0.3 is 6.09 Å². The highest BCUT2D eigenvalue weighted by Gasteiger charge is 2.22. The van der Waals surface area contributed by atoms with Crippen molar-refractivity contribution in [1.29, 1.82) is 0 Å². The van der Waals surface area contributed by atoms with E-state index in [0.29, 0.717) is 12.3 Å². The third kappa shape index (κ3) is 7.33. The predicted octanol–water partition coefficient (Wildman–Crippen LogP) is 2.86. The number of carbonyl (C=O) groups is 1. The molecule has 0 bridgehead atoms. The molecule has 0 aliphatic heterocycles. The summed E-state index contributed by atoms with van der Waals surface area (Å²) in [6, 6.07) is -0.365. The molecule has 0 aliphatic carbocycles. The standard InChI is InChI=1S/C14H27NO3/c1-9(2)10(3)8-12(16)11(4)15-13(17)18-14(5,6)7/h9,11-12,16H,3,8H2,1-2,4-7H3,(H,15,17)/t11-,12-/m0/s1. The molecule has 4 heteroatoms. The van der Waals surface area contributed by atoms with E-state index in [1.165, 1.54) is 0 Å². The Morgan fingerprint density at radius 2 is 1.83 bits per heavy atom. The summed E-state index contributed by atoms with van der Waals surface area (Å²) in [7, 11) is 0. The fourth-order valence-corrected chi connectivity index (χ4v) is 1.27. The Labute approximate surface area is 110 Å². The summed E-state index contributed by atoms with van der Waals surface area (Å²) in [5, 5.41) is 12.6. The predicted molar refractivity (Wildman–Crippen MR) is 73.4 cm³/mol. The van der Waals surface area contributed by atoms with E-state index in [9.17, 15) is 9.90 Å². The minimum absolute atomic E-state index is 0.327. The van der Waals surface area contributed by atoms with Crippen LogP contribution in [0, 0.1) is 5.92 Å². The summed E-state index contributed by atoms with van der Waals surface area (Å²) in [5.41, 5.74) is 0.441. The minimum atomic E-state index is -0.646. The molecule has 0 aliphatic rings. The average Bonchev–Trinajstić information content (AvgIpc) is 2.13. The normalized spacial score (nSPS) is 15.1. The number of alkyl carbamates (subject to hydrolysis) is 1. The van der Waals surface area contributed by atoms with Crippen molar-refractivity contribution in [2.75, 3.05) is 0 Å². The largest absolute Gasteiger partial charge is 0.444 e. The summed E-state index contributed by atoms with van der Waals surface area (Å²) < 4.78 is 5.13. The van der Waals surface area contributed by atoms with Gasteiger partial charge < -0.3 is 15.2 Å². The van der Waals surface area contributed by atoms with Crippen LogP contribution < -0.4 is 5.32 Å². The molecule has 2 atom stereocenters. The highest BCUT2D eigenvalue weighted by Crippen LogP contribution is 2.15. The second-order valence-corrected chi connectivity index (χ2v) is 6.02. The van der Waals surface area contributed by atoms with E-state index in [4.69, 9.17) is 4.74 Å². The number of ether oxygens (including phenoxy) is 1. The van der Waals surface area contributed by atoms with E-state index in [1.807, 2.05) is 13.8 Å². The Bertz CT molecular complexity index is 292. The molecule has 0 saturated carbocycles. The van der Waals surface area contributed by atoms with Crippen LogP contribution in [-0.2, 0) is 4.74 Å². The summed E-state index contributed by atoms with van der Waals surface area (Å²) in [6.07, 6.45) is -0.675. The monoisotopic (exact) mass is 257 g/mol. The number of hydrogen-bond donors (Lipinski definition) is 2. The zero-order valence-electron chi connectivity index (χ0n) is 12.4. The number of aliphatic hydroxyl groups is 1. The average molecular weight is 257 g/mol. The number of aliphatic hydroxyl groups excluding tert-OH is 1. The number of hydrogen-bond acceptors (Lipinski definition) is 3. The first-order valence-corrected chi connectivity index (χ1v) is 6.38. The maximum atomic E-state index is 11.5. The van der Waals surface area contributed by atoms with Crippen LogP contribution in [0.5, 0.6) is 0 Å². The van der Waals surface area contributed by atoms with Crippen molar-refractivity contribution in [3.05, 3.63) is 12.2 Å². The molecule has 18 heavy (non-hydrogen) atoms. The lowest BCUT2D eigenvalue weighted by molar-refractivity contribution is 0.0435. The molecule has 0 aromatic rings. The van der Waals surface area contributed by atoms with E-state index in [0.717, 1.165) is 5.57 Å². The molecule has 1 amide bonds. The fourth-order valence-electron chi connectivity index (χ4n) is 1.27. The molecule has 0 saturated heterocycles. The van der Waals surface area contributed by atoms with Crippen LogP contribution in [0.3, 0.4) is 0 Å². The van der Waals surface area contributed by atoms with Gasteiger partial charge in [-0.05, 0) is 40.0 Å². The van der Waals surface area contributed by atoms with Crippen LogP contribution in [0.25, 0.3) is 0 Å². The lowest BCUT2D eigenvalue weighted by Crippen LogP contribution is -2.43. The molecule has 106 valence electrons. The number of amides is 1. The van der Waals surface area contributed by atoms with Crippen molar-refractivity contribution in [3.63, 3.8) is 0 Å². The minimum Gasteiger partial charge on any atom is -0.444 e. The highest BCUT2D eigenvalue weighted by atomic mass is 16.6. The van der Waals surface area contributed by atoms with Gasteiger partial charge in [0.05, 0.1) is 12.1 Å². The zero-order valence-corrected chi connectivity index (χ0v) is 12.4. The van der Waals surface area contributed by atoms with E-state index in [1.54, 1.807) is 27.7 Å². The first-order chi connectivity index (χ1) is 8.03. The number of nitrogens with one attached hydrogen (secondary N) is 1. The van der Waals surface area contributed by atoms with Crippen molar-refractivity contribution in [3.8, 4) is 0 Å². The van der Waals surface area contributed by atoms with Gasteiger partial charge in [-0.1, -0.05) is 26.0 Å². The second-order valence-electron chi connectivity index (χ2n) is 6.02. The fraction of sp³-hybridized carbons (Fsp3) is 0.786. The lowest BCUT2D eigenvalue weighted by Gasteiger charge is -2.25. The summed E-state index contributed by atoms with van der Waals surface area (Å²) in [6.45, 7) is 15.1. The van der Waals surface area contributed by atoms with Gasteiger partial charge in [-0.3, -0.25) is 0 Å². The van der Waals surface area contributed by atoms with Crippen molar-refractivity contribution in [1.82, 2.24) is 5.32 Å². The van der Waals surface area contributed by atoms with Gasteiger partial charge in [-0.15, -0.1) is 0 Å². The van der Waals surface area contributed by atoms with E-state index in [2.05, 4.69) is 11.9 Å². The molecular formula is C14H27NO3. The molecule has 0 rings (SSSR count). The molecule has 0 aromatic heterocycles. The third-order valence-corrected chi connectivity index (χ3v) is 2.61. The van der Waals surface area contributed by atoms with Crippen LogP contribution in [-0.4, -0.2) is 28.9 Å². The van der Waals surface area contributed by atoms with Crippen LogP contribution in [0.15, 0.2) is 12.2 Å². The number of rotatable bonds is 5. The van der Waals surface area contributed by atoms with E-state index < -0.39 is 17.8 Å². The maximum Gasteiger partial charge on any atom is 0.407 e. The molecule has 0 heterocycles. The quantitative estimate of drug-likeness (QED) is 0.745. The van der Waals surface area contributed by atoms with E-state index >= 15 is 0 Å². The summed E-state index contributed by atoms with van der Waals surface area (Å²) in [5.74, 6) is 0.327. The topological polar surface area (TPSA) is 58.6 Å². The highest BCUT2D eigenvalue weighted by molar-refractivity contribution is 5.68. The van der Waals surface area contributed by atoms with Crippen molar-refractivity contribution in [2.45, 2.75) is 65.7 Å². The maximum absolute atomic E-state index is 11.5. The molecule has 2 N–H and O–H groups in total. The van der Waals surface area contributed by atoms with E-state index in [-0.39, 0.29) is 6.04 Å². The Kier molecular flexibility index (Phi) is 6.39. The summed E-state index contributed by atoms with van der Waals surface area (Å²) >= 11 is 0. The van der Waals surface area contributed by atoms with Crippen LogP contribution in [0.2, 0.25) is 0 Å². The summed E-state index contributed by atoms with van der Waals surface area (Å²) in [4.78, 5) is 11.5. The van der Waals surface area contributed by atoms with Gasteiger partial charge in [0, 0.05) is 0 Å². The van der Waals surface area contributed by atoms with Crippen molar-refractivity contribution >= 4 is 6.09 Å². The molecule has 0 spiro atoms. The molecule has 0 unspecified atom stereocenters. The van der Waals surface area contributed by atoms with Gasteiger partial charge in [0.2, 0.25) is 0 Å². The molecular weight excluding hydrogens is 230 g/mol. The van der Waals surface area contributed by atoms with Crippen LogP contribution >= 0.6 is 0 Å². The van der Waals surface area contributed by atoms with Gasteiger partial charge in [0.15, 0.2) is 0 Å². The van der Waals surface area contributed by atoms with Crippen molar-refractivity contribution in [2.24, 2.45) is 5.92 Å². The first kappa shape index (κ1) is 17.0. The third-order valence-electron chi connectivity index (χ3n) is 2.61. The smallest absolute Gasteiger partial charge is 0.407 e. The van der Waals surface area contributed by atoms with Crippen LogP contribution in [0.4, 0.5) is 4.79 Å². The van der Waals surface area contributed by atoms with Gasteiger partial charge in [-0.2, -0.15) is 0 Å². The first-order valence-electron chi connectivity index (χ1n) is 6.38. The number of carbonyl (C=O) groups excluding carboxylic acids is 1. The Hall–Kier alpha value is -1.03. The zero-order chi connectivity index (χ0) is 14.5. The van der Waals surface area contributed by atoms with Gasteiger partial charge in [0.25, 0.3) is 0 Å². The molecule has 0 radical (unpaired) electrons. The van der Waals surface area contributed by atoms with Crippen molar-refractivity contribution < 1.29 is 14.6 Å². The Morgan fingerprint density at radius 3 is 2.22 bits per heavy atom. The van der Waals surface area contributed by atoms with Gasteiger partial charge in [0.1, 0.15) is 5.60 Å². The van der Waals surface area contributed by atoms with Crippen LogP contribution in [0.1, 0.15) is 48.0 Å². The molecule has 4 nitrogen and oxygen atoms in total. The SMILES string of the molecule is C=C(C[C@H](O)[C@H](C)NC(=O)OC(C)(C)C)C(C)C. The van der Waals surface area contributed by atoms with Gasteiger partial charge in [-0.25, -0.2) is 4.79 Å². The molecule has 0 aromatic carbocycles. The molecule has 0 fully saturated rings. The lowest BCUT2D eigenvalue weighted by atomic mass is 9.96.